The van der Waals surface area contributed by atoms with E-state index in [-0.39, 0.29) is 11.1 Å². The number of rotatable bonds is 3. The van der Waals surface area contributed by atoms with E-state index in [1.54, 1.807) is 11.8 Å². The molecule has 0 spiro atoms. The summed E-state index contributed by atoms with van der Waals surface area (Å²) >= 11 is 5.77. The van der Waals surface area contributed by atoms with Crippen molar-refractivity contribution < 1.29 is 19.1 Å². The fourth-order valence-corrected chi connectivity index (χ4v) is 2.28. The number of hydrogen-bond donors (Lipinski definition) is 1. The molecule has 0 bridgehead atoms. The van der Waals surface area contributed by atoms with Crippen LogP contribution in [0.3, 0.4) is 0 Å². The van der Waals surface area contributed by atoms with Gasteiger partial charge in [0.2, 0.25) is 5.22 Å². The number of carboxylic acid groups (broad SMARTS) is 1. The first-order valence-corrected chi connectivity index (χ1v) is 6.37. The van der Waals surface area contributed by atoms with Crippen molar-refractivity contribution in [2.75, 3.05) is 26.2 Å². The third kappa shape index (κ3) is 2.90. The Morgan fingerprint density at radius 1 is 1.37 bits per heavy atom. The lowest BCUT2D eigenvalue weighted by Gasteiger charge is -2.36. The number of piperazine rings is 1. The molecule has 0 radical (unpaired) electrons. The van der Waals surface area contributed by atoms with Crippen LogP contribution in [0.4, 0.5) is 0 Å². The average Bonchev–Trinajstić information content (AvgIpc) is 2.83. The third-order valence-corrected chi connectivity index (χ3v) is 3.65. The molecule has 2 rings (SSSR count). The van der Waals surface area contributed by atoms with Gasteiger partial charge in [0.1, 0.15) is 6.04 Å². The highest BCUT2D eigenvalue weighted by molar-refractivity contribution is 6.32. The van der Waals surface area contributed by atoms with E-state index < -0.39 is 12.0 Å². The van der Waals surface area contributed by atoms with Crippen molar-refractivity contribution in [2.45, 2.75) is 13.0 Å². The Hall–Kier alpha value is -1.53. The van der Waals surface area contributed by atoms with Crippen LogP contribution in [0.25, 0.3) is 0 Å². The second-order valence-electron chi connectivity index (χ2n) is 4.45. The van der Waals surface area contributed by atoms with Crippen LogP contribution in [0, 0.1) is 0 Å². The summed E-state index contributed by atoms with van der Waals surface area (Å²) in [4.78, 5) is 26.5. The summed E-state index contributed by atoms with van der Waals surface area (Å²) in [5.74, 6) is -1.03. The molecule has 1 atom stereocenters. The number of aliphatic carboxylic acids is 1. The Kier molecular flexibility index (Phi) is 4.11. The monoisotopic (exact) mass is 286 g/mol. The standard InChI is InChI=1S/C12H15ClN2O4/c1-8(12(17)18)14-3-5-15(6-4-14)11(16)9-2-7-19-10(9)13/h2,7-8H,3-6H2,1H3,(H,17,18). The van der Waals surface area contributed by atoms with E-state index in [1.807, 2.05) is 4.90 Å². The lowest BCUT2D eigenvalue weighted by Crippen LogP contribution is -2.53. The van der Waals surface area contributed by atoms with Crippen LogP contribution < -0.4 is 0 Å². The van der Waals surface area contributed by atoms with Gasteiger partial charge in [-0.1, -0.05) is 0 Å². The molecule has 7 heteroatoms. The van der Waals surface area contributed by atoms with Crippen molar-refractivity contribution in [3.8, 4) is 0 Å². The highest BCUT2D eigenvalue weighted by atomic mass is 35.5. The van der Waals surface area contributed by atoms with Crippen LogP contribution in [0.2, 0.25) is 5.22 Å². The molecular formula is C12H15ClN2O4. The molecule has 6 nitrogen and oxygen atoms in total. The fraction of sp³-hybridized carbons (Fsp3) is 0.500. The van der Waals surface area contributed by atoms with Gasteiger partial charge in [-0.15, -0.1) is 0 Å². The highest BCUT2D eigenvalue weighted by Crippen LogP contribution is 2.19. The van der Waals surface area contributed by atoms with Gasteiger partial charge in [0, 0.05) is 26.2 Å². The maximum absolute atomic E-state index is 12.1. The summed E-state index contributed by atoms with van der Waals surface area (Å²) in [5.41, 5.74) is 0.349. The van der Waals surface area contributed by atoms with Gasteiger partial charge in [-0.25, -0.2) is 0 Å². The van der Waals surface area contributed by atoms with E-state index in [1.165, 1.54) is 12.3 Å². The smallest absolute Gasteiger partial charge is 0.320 e. The van der Waals surface area contributed by atoms with Crippen LogP contribution >= 0.6 is 11.6 Å². The molecule has 1 unspecified atom stereocenters. The van der Waals surface area contributed by atoms with Crippen LogP contribution in [0.15, 0.2) is 16.7 Å². The maximum atomic E-state index is 12.1. The molecule has 1 aromatic heterocycles. The second-order valence-corrected chi connectivity index (χ2v) is 4.79. The number of carbonyl (C=O) groups is 2. The first kappa shape index (κ1) is 13.9. The Morgan fingerprint density at radius 3 is 2.47 bits per heavy atom. The van der Waals surface area contributed by atoms with Crippen molar-refractivity contribution in [1.82, 2.24) is 9.80 Å². The summed E-state index contributed by atoms with van der Waals surface area (Å²) < 4.78 is 4.90. The lowest BCUT2D eigenvalue weighted by atomic mass is 10.2. The average molecular weight is 287 g/mol. The van der Waals surface area contributed by atoms with Gasteiger partial charge in [0.05, 0.1) is 11.8 Å². The molecule has 1 fully saturated rings. The van der Waals surface area contributed by atoms with Crippen LogP contribution in [0.5, 0.6) is 0 Å². The predicted molar refractivity (Wildman–Crippen MR) is 68.3 cm³/mol. The van der Waals surface area contributed by atoms with E-state index in [4.69, 9.17) is 21.1 Å². The summed E-state index contributed by atoms with van der Waals surface area (Å²) in [6.07, 6.45) is 1.37. The number of carbonyl (C=O) groups excluding carboxylic acids is 1. The summed E-state index contributed by atoms with van der Waals surface area (Å²) in [6, 6.07) is 1.01. The topological polar surface area (TPSA) is 74.0 Å². The Bertz CT molecular complexity index is 480. The lowest BCUT2D eigenvalue weighted by molar-refractivity contribution is -0.143. The van der Waals surface area contributed by atoms with Crippen LogP contribution in [-0.4, -0.2) is 59.0 Å². The minimum absolute atomic E-state index is 0.0892. The van der Waals surface area contributed by atoms with Crippen molar-refractivity contribution >= 4 is 23.5 Å². The zero-order valence-corrected chi connectivity index (χ0v) is 11.3. The number of nitrogens with zero attached hydrogens (tertiary/aromatic N) is 2. The molecule has 1 amide bonds. The number of furan rings is 1. The Morgan fingerprint density at radius 2 is 2.00 bits per heavy atom. The van der Waals surface area contributed by atoms with Gasteiger partial charge >= 0.3 is 5.97 Å². The van der Waals surface area contributed by atoms with Gasteiger partial charge in [0.25, 0.3) is 5.91 Å². The number of carboxylic acids is 1. The molecule has 0 aromatic carbocycles. The molecule has 1 saturated heterocycles. The predicted octanol–water partition coefficient (Wildman–Crippen LogP) is 1.16. The van der Waals surface area contributed by atoms with Gasteiger partial charge in [0.15, 0.2) is 0 Å². The molecule has 1 aromatic rings. The first-order chi connectivity index (χ1) is 9.00. The van der Waals surface area contributed by atoms with Gasteiger partial charge < -0.3 is 14.4 Å². The minimum atomic E-state index is -0.849. The number of halogens is 1. The third-order valence-electron chi connectivity index (χ3n) is 3.35. The zero-order chi connectivity index (χ0) is 14.0. The Balaban J connectivity index is 1.95. The molecular weight excluding hydrogens is 272 g/mol. The maximum Gasteiger partial charge on any atom is 0.320 e. The van der Waals surface area contributed by atoms with Crippen molar-refractivity contribution in [1.29, 1.82) is 0 Å². The van der Waals surface area contributed by atoms with Crippen LogP contribution in [-0.2, 0) is 4.79 Å². The van der Waals surface area contributed by atoms with E-state index in [2.05, 4.69) is 0 Å². The van der Waals surface area contributed by atoms with Gasteiger partial charge in [-0.05, 0) is 24.6 Å². The zero-order valence-electron chi connectivity index (χ0n) is 10.5. The quantitative estimate of drug-likeness (QED) is 0.903. The molecule has 0 aliphatic carbocycles. The number of hydrogen-bond acceptors (Lipinski definition) is 4. The van der Waals surface area contributed by atoms with Crippen molar-refractivity contribution in [2.24, 2.45) is 0 Å². The van der Waals surface area contributed by atoms with E-state index in [0.717, 1.165) is 0 Å². The molecule has 0 saturated carbocycles. The van der Waals surface area contributed by atoms with Crippen molar-refractivity contribution in [3.05, 3.63) is 23.1 Å². The number of amides is 1. The van der Waals surface area contributed by atoms with Crippen LogP contribution in [0.1, 0.15) is 17.3 Å². The largest absolute Gasteiger partial charge is 0.480 e. The van der Waals surface area contributed by atoms with E-state index in [9.17, 15) is 9.59 Å². The molecule has 1 aliphatic rings. The van der Waals surface area contributed by atoms with E-state index >= 15 is 0 Å². The molecule has 2 heterocycles. The summed E-state index contributed by atoms with van der Waals surface area (Å²) in [6.45, 7) is 3.69. The normalized spacial score (nSPS) is 18.3. The fourth-order valence-electron chi connectivity index (χ4n) is 2.08. The second kappa shape index (κ2) is 5.63. The van der Waals surface area contributed by atoms with E-state index in [0.29, 0.717) is 31.7 Å². The summed E-state index contributed by atoms with van der Waals surface area (Å²) in [7, 11) is 0. The minimum Gasteiger partial charge on any atom is -0.480 e. The molecule has 1 aliphatic heterocycles. The first-order valence-electron chi connectivity index (χ1n) is 6.00. The Labute approximate surface area is 115 Å². The molecule has 1 N–H and O–H groups in total. The molecule has 104 valence electrons. The SMILES string of the molecule is CC(C(=O)O)N1CCN(C(=O)c2ccoc2Cl)CC1. The molecule has 19 heavy (non-hydrogen) atoms. The van der Waals surface area contributed by atoms with Gasteiger partial charge in [-0.3, -0.25) is 14.5 Å². The highest BCUT2D eigenvalue weighted by Gasteiger charge is 2.28. The van der Waals surface area contributed by atoms with Gasteiger partial charge in [-0.2, -0.15) is 0 Å². The van der Waals surface area contributed by atoms with Crippen molar-refractivity contribution in [3.63, 3.8) is 0 Å². The summed E-state index contributed by atoms with van der Waals surface area (Å²) in [5, 5.41) is 9.03.